The molecule has 2 heterocycles. The lowest BCUT2D eigenvalue weighted by Gasteiger charge is -2.30. The second-order valence-electron chi connectivity index (χ2n) is 9.20. The third-order valence-electron chi connectivity index (χ3n) is 5.98. The number of methoxy groups -OCH3 is 1. The standard InChI is InChI=1S/C23H36N5O15P/c1-6-38-21(34)23(9-40-13(4)29,22(35)39-7-2)10-42-44(36,27-12(3)20(33)37-5)41-8-14-15(30)16(31)19(43-14)28-11-25-18(26-28)17(24)32/h11-12,14-16,19,30-31H,6-10H2,1-5H3,(H2,24,32)(H,27,36)/t12-,14+,15?,16-,19+,44?/m0/s1. The molecule has 21 heteroatoms. The second-order valence-corrected chi connectivity index (χ2v) is 11.0. The predicted molar refractivity (Wildman–Crippen MR) is 141 cm³/mol. The first-order chi connectivity index (χ1) is 20.6. The topological polar surface area (TPSA) is 276 Å². The first-order valence-electron chi connectivity index (χ1n) is 13.1. The second kappa shape index (κ2) is 16.0. The molecule has 1 aliphatic heterocycles. The number of nitrogens with two attached hydrogens (primary N) is 1. The Hall–Kier alpha value is -3.52. The summed E-state index contributed by atoms with van der Waals surface area (Å²) >= 11 is 0. The SMILES string of the molecule is CCOC(=O)C(COC(C)=O)(COP(=O)(N[C@@H](C)C(=O)OC)OC[C@H]1O[C@@H](n2cnc(C(N)=O)n2)[C@@H](O)C1O)C(=O)OCC. The van der Waals surface area contributed by atoms with Crippen LogP contribution in [0.25, 0.3) is 0 Å². The van der Waals surface area contributed by atoms with E-state index in [-0.39, 0.29) is 13.2 Å². The van der Waals surface area contributed by atoms with Gasteiger partial charge in [0, 0.05) is 6.92 Å². The largest absolute Gasteiger partial charge is 0.468 e. The number of aliphatic hydroxyl groups is 2. The van der Waals surface area contributed by atoms with E-state index in [4.69, 9.17) is 33.7 Å². The number of primary amides is 1. The van der Waals surface area contributed by atoms with Crippen LogP contribution in [0.4, 0.5) is 0 Å². The minimum absolute atomic E-state index is 0.209. The summed E-state index contributed by atoms with van der Waals surface area (Å²) in [6.45, 7) is 1.89. The summed E-state index contributed by atoms with van der Waals surface area (Å²) in [5, 5.41) is 27.1. The van der Waals surface area contributed by atoms with Gasteiger partial charge in [-0.05, 0) is 20.8 Å². The van der Waals surface area contributed by atoms with Crippen LogP contribution in [-0.4, -0.2) is 119 Å². The molecule has 1 aromatic rings. The van der Waals surface area contributed by atoms with Crippen LogP contribution in [0.1, 0.15) is 44.5 Å². The van der Waals surface area contributed by atoms with Crippen LogP contribution >= 0.6 is 7.75 Å². The zero-order valence-corrected chi connectivity index (χ0v) is 25.5. The summed E-state index contributed by atoms with van der Waals surface area (Å²) in [6, 6.07) is -1.35. The zero-order valence-electron chi connectivity index (χ0n) is 24.6. The van der Waals surface area contributed by atoms with E-state index < -0.39 is 99.2 Å². The van der Waals surface area contributed by atoms with Crippen molar-refractivity contribution in [3.05, 3.63) is 12.2 Å². The molecule has 1 aromatic heterocycles. The van der Waals surface area contributed by atoms with Crippen molar-refractivity contribution in [1.29, 1.82) is 0 Å². The third-order valence-corrected chi connectivity index (χ3v) is 7.64. The van der Waals surface area contributed by atoms with Gasteiger partial charge < -0.3 is 39.6 Å². The van der Waals surface area contributed by atoms with Gasteiger partial charge in [-0.25, -0.2) is 19.3 Å². The van der Waals surface area contributed by atoms with Crippen molar-refractivity contribution in [2.45, 2.75) is 58.3 Å². The van der Waals surface area contributed by atoms with E-state index >= 15 is 0 Å². The number of nitrogens with zero attached hydrogens (tertiary/aromatic N) is 3. The number of hydrogen-bond acceptors (Lipinski definition) is 17. The fourth-order valence-electron chi connectivity index (χ4n) is 3.66. The number of aliphatic hydroxyl groups excluding tert-OH is 2. The monoisotopic (exact) mass is 653 g/mol. The molecule has 44 heavy (non-hydrogen) atoms. The fraction of sp³-hybridized carbons (Fsp3) is 0.696. The number of amides is 1. The van der Waals surface area contributed by atoms with E-state index in [1.165, 1.54) is 20.8 Å². The first kappa shape index (κ1) is 36.7. The van der Waals surface area contributed by atoms with Crippen molar-refractivity contribution in [3.63, 3.8) is 0 Å². The number of nitrogens with one attached hydrogen (secondary N) is 1. The minimum atomic E-state index is -4.78. The van der Waals surface area contributed by atoms with Gasteiger partial charge in [0.05, 0.1) is 33.5 Å². The lowest BCUT2D eigenvalue weighted by atomic mass is 9.90. The molecule has 1 amide bonds. The summed E-state index contributed by atoms with van der Waals surface area (Å²) in [4.78, 5) is 64.7. The van der Waals surface area contributed by atoms with Gasteiger partial charge in [0.1, 0.15) is 37.3 Å². The molecule has 0 bridgehead atoms. The summed E-state index contributed by atoms with van der Waals surface area (Å²) in [5.74, 6) is -5.63. The molecule has 0 spiro atoms. The molecule has 0 aliphatic carbocycles. The predicted octanol–water partition coefficient (Wildman–Crippen LogP) is -2.04. The molecule has 5 N–H and O–H groups in total. The number of esters is 4. The van der Waals surface area contributed by atoms with Crippen molar-refractivity contribution in [1.82, 2.24) is 19.9 Å². The van der Waals surface area contributed by atoms with Crippen molar-refractivity contribution >= 4 is 37.5 Å². The Balaban J connectivity index is 2.36. The van der Waals surface area contributed by atoms with E-state index in [9.17, 15) is 38.8 Å². The smallest absolute Gasteiger partial charge is 0.406 e. The minimum Gasteiger partial charge on any atom is -0.468 e. The Kier molecular flexibility index (Phi) is 13.3. The maximum atomic E-state index is 13.9. The lowest BCUT2D eigenvalue weighted by molar-refractivity contribution is -0.181. The van der Waals surface area contributed by atoms with E-state index in [0.717, 1.165) is 25.0 Å². The number of rotatable bonds is 17. The van der Waals surface area contributed by atoms with Crippen LogP contribution < -0.4 is 10.8 Å². The molecule has 2 rings (SSSR count). The van der Waals surface area contributed by atoms with Crippen molar-refractivity contribution in [3.8, 4) is 0 Å². The highest BCUT2D eigenvalue weighted by Gasteiger charge is 2.53. The van der Waals surface area contributed by atoms with Crippen molar-refractivity contribution in [2.75, 3.05) is 40.1 Å². The van der Waals surface area contributed by atoms with Crippen LogP contribution in [0.5, 0.6) is 0 Å². The molecule has 1 aliphatic rings. The van der Waals surface area contributed by atoms with Crippen LogP contribution in [0.15, 0.2) is 6.33 Å². The van der Waals surface area contributed by atoms with Crippen LogP contribution in [0.3, 0.4) is 0 Å². The third kappa shape index (κ3) is 9.00. The molecule has 0 aromatic carbocycles. The maximum absolute atomic E-state index is 13.9. The van der Waals surface area contributed by atoms with Crippen molar-refractivity contribution < 1.29 is 71.5 Å². The summed E-state index contributed by atoms with van der Waals surface area (Å²) in [5.41, 5.74) is 2.64. The van der Waals surface area contributed by atoms with E-state index in [1.807, 2.05) is 0 Å². The number of aromatic nitrogens is 3. The van der Waals surface area contributed by atoms with E-state index in [0.29, 0.717) is 0 Å². The fourth-order valence-corrected chi connectivity index (χ4v) is 5.20. The highest BCUT2D eigenvalue weighted by molar-refractivity contribution is 7.51. The Labute approximate surface area is 251 Å². The highest BCUT2D eigenvalue weighted by Crippen LogP contribution is 2.47. The zero-order chi connectivity index (χ0) is 33.2. The van der Waals surface area contributed by atoms with E-state index in [1.54, 1.807) is 0 Å². The average molecular weight is 654 g/mol. The van der Waals surface area contributed by atoms with Gasteiger partial charge >= 0.3 is 31.6 Å². The summed E-state index contributed by atoms with van der Waals surface area (Å²) in [7, 11) is -3.73. The first-order valence-corrected chi connectivity index (χ1v) is 14.6. The van der Waals surface area contributed by atoms with Gasteiger partial charge in [-0.3, -0.25) is 33.0 Å². The van der Waals surface area contributed by atoms with Gasteiger partial charge in [-0.2, -0.15) is 0 Å². The molecule has 2 unspecified atom stereocenters. The van der Waals surface area contributed by atoms with E-state index in [2.05, 4.69) is 19.9 Å². The number of carbonyl (C=O) groups is 5. The molecule has 6 atom stereocenters. The molecule has 1 saturated heterocycles. The number of hydrogen-bond donors (Lipinski definition) is 4. The molecule has 0 saturated carbocycles. The lowest BCUT2D eigenvalue weighted by Crippen LogP contribution is -2.50. The Morgan fingerprint density at radius 2 is 1.70 bits per heavy atom. The maximum Gasteiger partial charge on any atom is 0.406 e. The van der Waals surface area contributed by atoms with Crippen LogP contribution in [0, 0.1) is 5.41 Å². The molecular formula is C23H36N5O15P. The van der Waals surface area contributed by atoms with Crippen LogP contribution in [-0.2, 0) is 56.5 Å². The molecule has 248 valence electrons. The highest BCUT2D eigenvalue weighted by atomic mass is 31.2. The van der Waals surface area contributed by atoms with Gasteiger partial charge in [-0.15, -0.1) is 5.10 Å². The Morgan fingerprint density at radius 1 is 1.09 bits per heavy atom. The van der Waals surface area contributed by atoms with Crippen LogP contribution in [0.2, 0.25) is 0 Å². The van der Waals surface area contributed by atoms with Gasteiger partial charge in [0.15, 0.2) is 6.23 Å². The Bertz CT molecular complexity index is 1220. The summed E-state index contributed by atoms with van der Waals surface area (Å²) < 4.78 is 50.7. The van der Waals surface area contributed by atoms with Crippen molar-refractivity contribution in [2.24, 2.45) is 11.1 Å². The van der Waals surface area contributed by atoms with Gasteiger partial charge in [-0.1, -0.05) is 0 Å². The van der Waals surface area contributed by atoms with Gasteiger partial charge in [0.2, 0.25) is 11.2 Å². The summed E-state index contributed by atoms with van der Waals surface area (Å²) in [6.07, 6.45) is -5.09. The molecule has 1 fully saturated rings. The molecule has 20 nitrogen and oxygen atoms in total. The molecular weight excluding hydrogens is 617 g/mol. The average Bonchev–Trinajstić information content (AvgIpc) is 3.57. The Morgan fingerprint density at radius 3 is 2.20 bits per heavy atom. The normalized spacial score (nSPS) is 22.0. The number of ether oxygens (including phenoxy) is 5. The number of carbonyl (C=O) groups excluding carboxylic acids is 5. The van der Waals surface area contributed by atoms with Gasteiger partial charge in [0.25, 0.3) is 5.91 Å². The molecule has 0 radical (unpaired) electrons. The quantitative estimate of drug-likeness (QED) is 0.0610.